The van der Waals surface area contributed by atoms with Crippen molar-refractivity contribution >= 4 is 22.4 Å². The van der Waals surface area contributed by atoms with E-state index in [1.807, 2.05) is 67.8 Å². The Labute approximate surface area is 150 Å². The van der Waals surface area contributed by atoms with Crippen LogP contribution in [0.1, 0.15) is 30.9 Å². The Morgan fingerprint density at radius 3 is 2.24 bits per heavy atom. The average Bonchev–Trinajstić information content (AvgIpc) is 3.12. The summed E-state index contributed by atoms with van der Waals surface area (Å²) in [6, 6.07) is 15.8. The number of aromatic nitrogens is 1. The molecule has 4 nitrogen and oxygen atoms in total. The van der Waals surface area contributed by atoms with E-state index in [1.54, 1.807) is 6.20 Å². The van der Waals surface area contributed by atoms with Crippen molar-refractivity contribution < 1.29 is 9.53 Å². The van der Waals surface area contributed by atoms with E-state index in [0.717, 1.165) is 22.6 Å². The molecule has 0 bridgehead atoms. The number of amides is 1. The molecule has 0 unspecified atom stereocenters. The summed E-state index contributed by atoms with van der Waals surface area (Å²) in [6.45, 7) is 3.94. The van der Waals surface area contributed by atoms with Gasteiger partial charge in [-0.2, -0.15) is 0 Å². The van der Waals surface area contributed by atoms with Crippen molar-refractivity contribution in [1.82, 2.24) is 4.98 Å². The lowest BCUT2D eigenvalue weighted by Gasteiger charge is -2.38. The van der Waals surface area contributed by atoms with Gasteiger partial charge >= 0.3 is 0 Å². The van der Waals surface area contributed by atoms with Gasteiger partial charge in [0.05, 0.1) is 5.41 Å². The van der Waals surface area contributed by atoms with Gasteiger partial charge in [0.1, 0.15) is 11.5 Å². The van der Waals surface area contributed by atoms with Crippen LogP contribution in [-0.4, -0.2) is 10.9 Å². The van der Waals surface area contributed by atoms with E-state index in [4.69, 9.17) is 4.74 Å². The molecular formula is C20H18N2O2S. The van der Waals surface area contributed by atoms with Crippen LogP contribution in [0.15, 0.2) is 60.1 Å². The Hall–Kier alpha value is -2.66. The molecule has 126 valence electrons. The minimum Gasteiger partial charge on any atom is -0.457 e. The van der Waals surface area contributed by atoms with Crippen LogP contribution in [0.5, 0.6) is 11.5 Å². The van der Waals surface area contributed by atoms with Crippen molar-refractivity contribution in [1.29, 1.82) is 0 Å². The summed E-state index contributed by atoms with van der Waals surface area (Å²) in [5.74, 6) is 1.45. The SMILES string of the molecule is CC(C)(C(=O)Nc1nccs1)C1c2ccccc2Oc2ccccc21. The van der Waals surface area contributed by atoms with E-state index in [2.05, 4.69) is 10.3 Å². The molecule has 0 spiro atoms. The second kappa shape index (κ2) is 6.01. The van der Waals surface area contributed by atoms with E-state index in [9.17, 15) is 4.79 Å². The first-order chi connectivity index (χ1) is 12.1. The van der Waals surface area contributed by atoms with Crippen molar-refractivity contribution in [3.8, 4) is 11.5 Å². The Bertz CT molecular complexity index is 873. The maximum atomic E-state index is 13.1. The van der Waals surface area contributed by atoms with Crippen molar-refractivity contribution in [2.75, 3.05) is 5.32 Å². The third-order valence-electron chi connectivity index (χ3n) is 4.64. The minimum absolute atomic E-state index is 0.0565. The fourth-order valence-electron chi connectivity index (χ4n) is 3.36. The van der Waals surface area contributed by atoms with Crippen LogP contribution in [0.25, 0.3) is 0 Å². The van der Waals surface area contributed by atoms with Crippen molar-refractivity contribution in [3.63, 3.8) is 0 Å². The zero-order valence-electron chi connectivity index (χ0n) is 14.0. The predicted molar refractivity (Wildman–Crippen MR) is 99.3 cm³/mol. The number of rotatable bonds is 3. The number of nitrogens with one attached hydrogen (secondary N) is 1. The molecule has 0 saturated carbocycles. The van der Waals surface area contributed by atoms with Gasteiger partial charge in [-0.25, -0.2) is 4.98 Å². The molecule has 3 aromatic rings. The van der Waals surface area contributed by atoms with Gasteiger partial charge in [-0.3, -0.25) is 4.79 Å². The number of carbonyl (C=O) groups excluding carboxylic acids is 1. The van der Waals surface area contributed by atoms with Crippen LogP contribution < -0.4 is 10.1 Å². The molecule has 1 aromatic heterocycles. The molecular weight excluding hydrogens is 332 g/mol. The number of benzene rings is 2. The van der Waals surface area contributed by atoms with Gasteiger partial charge in [-0.1, -0.05) is 50.2 Å². The van der Waals surface area contributed by atoms with Crippen molar-refractivity contribution in [2.24, 2.45) is 5.41 Å². The molecule has 1 aliphatic heterocycles. The summed E-state index contributed by atoms with van der Waals surface area (Å²) < 4.78 is 6.05. The molecule has 0 radical (unpaired) electrons. The Balaban J connectivity index is 1.79. The molecule has 2 aromatic carbocycles. The lowest BCUT2D eigenvalue weighted by molar-refractivity contribution is -0.124. The Morgan fingerprint density at radius 1 is 1.08 bits per heavy atom. The van der Waals surface area contributed by atoms with Gasteiger partial charge in [0.2, 0.25) is 5.91 Å². The van der Waals surface area contributed by atoms with Gasteiger partial charge in [0.15, 0.2) is 5.13 Å². The fraction of sp³-hybridized carbons (Fsp3) is 0.200. The molecule has 5 heteroatoms. The normalized spacial score (nSPS) is 13.5. The highest BCUT2D eigenvalue weighted by Gasteiger charge is 2.43. The maximum absolute atomic E-state index is 13.1. The predicted octanol–water partition coefficient (Wildman–Crippen LogP) is 5.05. The summed E-state index contributed by atoms with van der Waals surface area (Å²) in [5, 5.41) is 5.41. The van der Waals surface area contributed by atoms with Gasteiger partial charge < -0.3 is 10.1 Å². The zero-order chi connectivity index (χ0) is 17.4. The molecule has 2 heterocycles. The lowest BCUT2D eigenvalue weighted by atomic mass is 9.69. The highest BCUT2D eigenvalue weighted by Crippen LogP contribution is 2.51. The molecule has 4 rings (SSSR count). The summed E-state index contributed by atoms with van der Waals surface area (Å²) in [4.78, 5) is 17.2. The third kappa shape index (κ3) is 2.70. The second-order valence-electron chi connectivity index (χ2n) is 6.62. The van der Waals surface area contributed by atoms with E-state index < -0.39 is 5.41 Å². The standard InChI is InChI=1S/C20H18N2O2S/c1-20(2,18(23)22-19-21-11-12-25-19)17-13-7-3-5-9-15(13)24-16-10-6-4-8-14(16)17/h3-12,17H,1-2H3,(H,21,22,23). The molecule has 1 N–H and O–H groups in total. The second-order valence-corrected chi connectivity index (χ2v) is 7.52. The lowest BCUT2D eigenvalue weighted by Crippen LogP contribution is -2.38. The molecule has 0 aliphatic carbocycles. The molecule has 25 heavy (non-hydrogen) atoms. The first-order valence-electron chi connectivity index (χ1n) is 8.14. The van der Waals surface area contributed by atoms with E-state index in [0.29, 0.717) is 5.13 Å². The van der Waals surface area contributed by atoms with Gasteiger partial charge in [0, 0.05) is 28.6 Å². The van der Waals surface area contributed by atoms with Crippen LogP contribution in [-0.2, 0) is 4.79 Å². The first-order valence-corrected chi connectivity index (χ1v) is 9.02. The molecule has 0 fully saturated rings. The van der Waals surface area contributed by atoms with Gasteiger partial charge in [-0.05, 0) is 12.1 Å². The maximum Gasteiger partial charge on any atom is 0.232 e. The zero-order valence-corrected chi connectivity index (χ0v) is 14.8. The highest BCUT2D eigenvalue weighted by atomic mass is 32.1. The van der Waals surface area contributed by atoms with E-state index in [-0.39, 0.29) is 11.8 Å². The molecule has 0 saturated heterocycles. The van der Waals surface area contributed by atoms with Crippen LogP contribution in [0.2, 0.25) is 0 Å². The minimum atomic E-state index is -0.679. The van der Waals surface area contributed by atoms with Gasteiger partial charge in [0.25, 0.3) is 0 Å². The molecule has 1 aliphatic rings. The quantitative estimate of drug-likeness (QED) is 0.719. The number of hydrogen-bond donors (Lipinski definition) is 1. The van der Waals surface area contributed by atoms with Crippen LogP contribution in [0, 0.1) is 5.41 Å². The summed E-state index contributed by atoms with van der Waals surface area (Å²) in [5.41, 5.74) is 1.38. The first kappa shape index (κ1) is 15.8. The molecule has 1 amide bonds. The average molecular weight is 350 g/mol. The number of thiazole rings is 1. The Morgan fingerprint density at radius 2 is 1.68 bits per heavy atom. The number of hydrogen-bond acceptors (Lipinski definition) is 4. The topological polar surface area (TPSA) is 51.2 Å². The number of nitrogens with zero attached hydrogens (tertiary/aromatic N) is 1. The number of ether oxygens (including phenoxy) is 1. The number of fused-ring (bicyclic) bond motifs is 2. The summed E-state index contributed by atoms with van der Waals surface area (Å²) in [6.07, 6.45) is 1.69. The van der Waals surface area contributed by atoms with Crippen LogP contribution in [0.4, 0.5) is 5.13 Å². The Kier molecular flexibility index (Phi) is 3.81. The molecule has 0 atom stereocenters. The fourth-order valence-corrected chi connectivity index (χ4v) is 3.89. The van der Waals surface area contributed by atoms with Crippen molar-refractivity contribution in [3.05, 3.63) is 71.2 Å². The number of anilines is 1. The largest absolute Gasteiger partial charge is 0.457 e. The monoisotopic (exact) mass is 350 g/mol. The smallest absolute Gasteiger partial charge is 0.232 e. The van der Waals surface area contributed by atoms with E-state index >= 15 is 0 Å². The van der Waals surface area contributed by atoms with E-state index in [1.165, 1.54) is 11.3 Å². The van der Waals surface area contributed by atoms with Gasteiger partial charge in [-0.15, -0.1) is 11.3 Å². The summed E-state index contributed by atoms with van der Waals surface area (Å²) in [7, 11) is 0. The van der Waals surface area contributed by atoms with Crippen LogP contribution >= 0.6 is 11.3 Å². The highest BCUT2D eigenvalue weighted by molar-refractivity contribution is 7.13. The van der Waals surface area contributed by atoms with Crippen LogP contribution in [0.3, 0.4) is 0 Å². The summed E-state index contributed by atoms with van der Waals surface area (Å²) >= 11 is 1.42. The van der Waals surface area contributed by atoms with Crippen molar-refractivity contribution in [2.45, 2.75) is 19.8 Å². The number of carbonyl (C=O) groups is 1. The third-order valence-corrected chi connectivity index (χ3v) is 5.33. The number of para-hydroxylation sites is 2.